The Morgan fingerprint density at radius 2 is 2.00 bits per heavy atom. The number of para-hydroxylation sites is 1. The highest BCUT2D eigenvalue weighted by Crippen LogP contribution is 2.36. The molecule has 5 nitrogen and oxygen atoms in total. The van der Waals surface area contributed by atoms with Crippen LogP contribution in [0.5, 0.6) is 11.5 Å². The van der Waals surface area contributed by atoms with Gasteiger partial charge < -0.3 is 14.8 Å². The highest BCUT2D eigenvalue weighted by atomic mass is 16.7. The van der Waals surface area contributed by atoms with E-state index in [0.717, 1.165) is 36.4 Å². The number of hydrogen-bond donors (Lipinski definition) is 2. The van der Waals surface area contributed by atoms with Crippen molar-refractivity contribution in [3.8, 4) is 11.5 Å². The number of aromatic nitrogens is 2. The van der Waals surface area contributed by atoms with E-state index in [2.05, 4.69) is 45.9 Å². The summed E-state index contributed by atoms with van der Waals surface area (Å²) in [5, 5.41) is 12.4. The molecule has 2 aromatic carbocycles. The van der Waals surface area contributed by atoms with E-state index in [9.17, 15) is 0 Å². The normalized spacial score (nSPS) is 19.2. The maximum Gasteiger partial charge on any atom is 0.231 e. The summed E-state index contributed by atoms with van der Waals surface area (Å²) < 4.78 is 10.9. The van der Waals surface area contributed by atoms with Crippen molar-refractivity contribution in [3.05, 3.63) is 59.8 Å². The lowest BCUT2D eigenvalue weighted by Gasteiger charge is -2.24. The molecular weight excluding hydrogens is 314 g/mol. The molecule has 0 saturated heterocycles. The fourth-order valence-corrected chi connectivity index (χ4v) is 3.66. The molecule has 5 rings (SSSR count). The smallest absolute Gasteiger partial charge is 0.231 e. The van der Waals surface area contributed by atoms with Crippen LogP contribution in [0.4, 0.5) is 0 Å². The molecule has 0 saturated carbocycles. The summed E-state index contributed by atoms with van der Waals surface area (Å²) in [6, 6.07) is 14.8. The fraction of sp³-hybridized carbons (Fsp3) is 0.250. The summed E-state index contributed by atoms with van der Waals surface area (Å²) >= 11 is 0. The molecule has 5 heteroatoms. The predicted molar refractivity (Wildman–Crippen MR) is 96.7 cm³/mol. The SMILES string of the molecule is C1=C(c2ccc3c(c2)OCO3)CC(Cc2[nH]nc3ccccc23)NC1. The van der Waals surface area contributed by atoms with Gasteiger partial charge in [0, 0.05) is 30.1 Å². The van der Waals surface area contributed by atoms with Crippen LogP contribution in [0, 0.1) is 0 Å². The van der Waals surface area contributed by atoms with Crippen molar-refractivity contribution >= 4 is 16.5 Å². The molecule has 2 N–H and O–H groups in total. The Kier molecular flexibility index (Phi) is 3.45. The van der Waals surface area contributed by atoms with E-state index in [1.807, 2.05) is 18.2 Å². The summed E-state index contributed by atoms with van der Waals surface area (Å²) in [5.74, 6) is 1.67. The molecule has 2 aliphatic rings. The van der Waals surface area contributed by atoms with Crippen LogP contribution in [0.3, 0.4) is 0 Å². The first-order valence-corrected chi connectivity index (χ1v) is 8.61. The van der Waals surface area contributed by atoms with Crippen molar-refractivity contribution < 1.29 is 9.47 Å². The number of fused-ring (bicyclic) bond motifs is 2. The minimum Gasteiger partial charge on any atom is -0.454 e. The third-order valence-corrected chi connectivity index (χ3v) is 4.96. The van der Waals surface area contributed by atoms with Gasteiger partial charge in [-0.25, -0.2) is 0 Å². The highest BCUT2D eigenvalue weighted by Gasteiger charge is 2.20. The quantitative estimate of drug-likeness (QED) is 0.772. The number of nitrogens with zero attached hydrogens (tertiary/aromatic N) is 1. The van der Waals surface area contributed by atoms with Gasteiger partial charge in [0.25, 0.3) is 0 Å². The average Bonchev–Trinajstić information content (AvgIpc) is 3.28. The van der Waals surface area contributed by atoms with E-state index in [4.69, 9.17) is 9.47 Å². The Balaban J connectivity index is 1.36. The van der Waals surface area contributed by atoms with E-state index in [1.165, 1.54) is 22.2 Å². The van der Waals surface area contributed by atoms with Gasteiger partial charge in [-0.15, -0.1) is 0 Å². The first-order chi connectivity index (χ1) is 12.4. The summed E-state index contributed by atoms with van der Waals surface area (Å²) in [6.45, 7) is 1.19. The zero-order valence-corrected chi connectivity index (χ0v) is 13.8. The van der Waals surface area contributed by atoms with Gasteiger partial charge in [0.2, 0.25) is 6.79 Å². The standard InChI is InChI=1S/C20H19N3O2/c1-2-4-17-16(3-1)18(23-22-17)11-15-9-14(7-8-21-15)13-5-6-19-20(10-13)25-12-24-19/h1-7,10,15,21H,8-9,11-12H2,(H,22,23). The number of ether oxygens (including phenoxy) is 2. The molecule has 3 aromatic rings. The van der Waals surface area contributed by atoms with Gasteiger partial charge in [0.1, 0.15) is 0 Å². The molecule has 1 aromatic heterocycles. The topological polar surface area (TPSA) is 59.2 Å². The molecule has 0 spiro atoms. The lowest BCUT2D eigenvalue weighted by molar-refractivity contribution is 0.174. The molecular formula is C20H19N3O2. The molecule has 2 aliphatic heterocycles. The van der Waals surface area contributed by atoms with Crippen LogP contribution in [0.15, 0.2) is 48.5 Å². The molecule has 1 unspecified atom stereocenters. The maximum absolute atomic E-state index is 5.51. The Hall–Kier alpha value is -2.79. The number of nitrogens with one attached hydrogen (secondary N) is 2. The number of H-pyrrole nitrogens is 1. The zero-order valence-electron chi connectivity index (χ0n) is 13.8. The van der Waals surface area contributed by atoms with E-state index in [-0.39, 0.29) is 0 Å². The van der Waals surface area contributed by atoms with Crippen LogP contribution in [0.25, 0.3) is 16.5 Å². The molecule has 25 heavy (non-hydrogen) atoms. The third-order valence-electron chi connectivity index (χ3n) is 4.96. The summed E-state index contributed by atoms with van der Waals surface area (Å²) in [5.41, 5.74) is 4.79. The number of rotatable bonds is 3. The van der Waals surface area contributed by atoms with Crippen LogP contribution in [0.2, 0.25) is 0 Å². The van der Waals surface area contributed by atoms with Crippen LogP contribution >= 0.6 is 0 Å². The molecule has 3 heterocycles. The lowest BCUT2D eigenvalue weighted by atomic mass is 9.92. The first-order valence-electron chi connectivity index (χ1n) is 8.61. The first kappa shape index (κ1) is 14.5. The molecule has 0 amide bonds. The number of aromatic amines is 1. The minimum absolute atomic E-state index is 0.314. The highest BCUT2D eigenvalue weighted by molar-refractivity contribution is 5.81. The number of hydrogen-bond acceptors (Lipinski definition) is 4. The molecule has 126 valence electrons. The van der Waals surface area contributed by atoms with Gasteiger partial charge >= 0.3 is 0 Å². The molecule has 0 aliphatic carbocycles. The minimum atomic E-state index is 0.314. The Bertz CT molecular complexity index is 960. The zero-order chi connectivity index (χ0) is 16.6. The molecule has 1 atom stereocenters. The summed E-state index contributed by atoms with van der Waals surface area (Å²) in [6.07, 6.45) is 4.18. The Labute approximate surface area is 145 Å². The Morgan fingerprint density at radius 1 is 1.08 bits per heavy atom. The second kappa shape index (κ2) is 5.93. The van der Waals surface area contributed by atoms with Gasteiger partial charge in [-0.05, 0) is 35.8 Å². The Morgan fingerprint density at radius 3 is 3.00 bits per heavy atom. The van der Waals surface area contributed by atoms with Crippen LogP contribution in [0.1, 0.15) is 17.7 Å². The van der Waals surface area contributed by atoms with Gasteiger partial charge in [-0.3, -0.25) is 5.10 Å². The monoisotopic (exact) mass is 333 g/mol. The average molecular weight is 333 g/mol. The van der Waals surface area contributed by atoms with Gasteiger partial charge in [0.15, 0.2) is 11.5 Å². The second-order valence-electron chi connectivity index (χ2n) is 6.53. The van der Waals surface area contributed by atoms with E-state index in [0.29, 0.717) is 12.8 Å². The summed E-state index contributed by atoms with van der Waals surface area (Å²) in [7, 11) is 0. The van der Waals surface area contributed by atoms with Crippen molar-refractivity contribution in [3.63, 3.8) is 0 Å². The predicted octanol–water partition coefficient (Wildman–Crippen LogP) is 3.28. The van der Waals surface area contributed by atoms with Crippen molar-refractivity contribution in [2.45, 2.75) is 18.9 Å². The number of benzene rings is 2. The maximum atomic E-state index is 5.51. The van der Waals surface area contributed by atoms with Gasteiger partial charge in [-0.2, -0.15) is 5.10 Å². The lowest BCUT2D eigenvalue weighted by Crippen LogP contribution is -2.34. The van der Waals surface area contributed by atoms with Crippen LogP contribution in [-0.4, -0.2) is 29.6 Å². The van der Waals surface area contributed by atoms with Gasteiger partial charge in [0.05, 0.1) is 5.52 Å². The van der Waals surface area contributed by atoms with E-state index >= 15 is 0 Å². The van der Waals surface area contributed by atoms with E-state index in [1.54, 1.807) is 0 Å². The summed E-state index contributed by atoms with van der Waals surface area (Å²) in [4.78, 5) is 0. The molecule has 0 bridgehead atoms. The van der Waals surface area contributed by atoms with E-state index < -0.39 is 0 Å². The molecule has 0 radical (unpaired) electrons. The largest absolute Gasteiger partial charge is 0.454 e. The van der Waals surface area contributed by atoms with Crippen LogP contribution in [-0.2, 0) is 6.42 Å². The third kappa shape index (κ3) is 2.66. The van der Waals surface area contributed by atoms with Crippen molar-refractivity contribution in [1.29, 1.82) is 0 Å². The molecule has 0 fully saturated rings. The van der Waals surface area contributed by atoms with Crippen molar-refractivity contribution in [1.82, 2.24) is 15.5 Å². The second-order valence-corrected chi connectivity index (χ2v) is 6.53. The van der Waals surface area contributed by atoms with Crippen LogP contribution < -0.4 is 14.8 Å². The van der Waals surface area contributed by atoms with Crippen molar-refractivity contribution in [2.24, 2.45) is 0 Å². The fourth-order valence-electron chi connectivity index (χ4n) is 3.66. The van der Waals surface area contributed by atoms with Crippen molar-refractivity contribution in [2.75, 3.05) is 13.3 Å². The van der Waals surface area contributed by atoms with Gasteiger partial charge in [-0.1, -0.05) is 30.3 Å².